The highest BCUT2D eigenvalue weighted by molar-refractivity contribution is 5.86. The monoisotopic (exact) mass is 260 g/mol. The third-order valence-electron chi connectivity index (χ3n) is 3.55. The molecular formula is C13H20N6. The van der Waals surface area contributed by atoms with Gasteiger partial charge in [0, 0.05) is 20.6 Å². The van der Waals surface area contributed by atoms with Crippen molar-refractivity contribution >= 4 is 16.9 Å². The zero-order valence-corrected chi connectivity index (χ0v) is 11.7. The van der Waals surface area contributed by atoms with E-state index < -0.39 is 0 Å². The number of rotatable bonds is 5. The van der Waals surface area contributed by atoms with E-state index in [9.17, 15) is 0 Å². The fourth-order valence-corrected chi connectivity index (χ4v) is 2.38. The van der Waals surface area contributed by atoms with Crippen molar-refractivity contribution in [1.82, 2.24) is 24.6 Å². The van der Waals surface area contributed by atoms with Crippen LogP contribution in [0.5, 0.6) is 0 Å². The van der Waals surface area contributed by atoms with E-state index in [-0.39, 0.29) is 0 Å². The summed E-state index contributed by atoms with van der Waals surface area (Å²) in [5.41, 5.74) is 0.883. The number of anilines is 1. The smallest absolute Gasteiger partial charge is 0.163 e. The van der Waals surface area contributed by atoms with Gasteiger partial charge >= 0.3 is 0 Å². The van der Waals surface area contributed by atoms with Gasteiger partial charge in [-0.05, 0) is 25.8 Å². The van der Waals surface area contributed by atoms with Gasteiger partial charge in [-0.1, -0.05) is 0 Å². The van der Waals surface area contributed by atoms with Crippen LogP contribution in [0, 0.1) is 5.92 Å². The van der Waals surface area contributed by atoms with Crippen LogP contribution in [-0.4, -0.2) is 45.3 Å². The molecule has 0 radical (unpaired) electrons. The summed E-state index contributed by atoms with van der Waals surface area (Å²) in [7, 11) is 5.92. The van der Waals surface area contributed by atoms with Crippen molar-refractivity contribution in [3.05, 3.63) is 12.0 Å². The Labute approximate surface area is 112 Å². The summed E-state index contributed by atoms with van der Waals surface area (Å²) in [5.74, 6) is 2.59. The highest BCUT2D eigenvalue weighted by atomic mass is 15.3. The molecule has 1 saturated carbocycles. The summed E-state index contributed by atoms with van der Waals surface area (Å²) in [4.78, 5) is 11.5. The van der Waals surface area contributed by atoms with Gasteiger partial charge in [0.15, 0.2) is 5.65 Å². The average Bonchev–Trinajstić information content (AvgIpc) is 3.12. The number of fused-ring (bicyclic) bond motifs is 1. The average molecular weight is 260 g/mol. The summed E-state index contributed by atoms with van der Waals surface area (Å²) in [6.45, 7) is 1.92. The second kappa shape index (κ2) is 4.77. The molecular weight excluding hydrogens is 240 g/mol. The van der Waals surface area contributed by atoms with Gasteiger partial charge < -0.3 is 5.32 Å². The molecule has 2 aromatic rings. The zero-order valence-electron chi connectivity index (χ0n) is 11.7. The molecule has 0 spiro atoms. The maximum absolute atomic E-state index is 4.62. The number of hydrogen-bond acceptors (Lipinski definition) is 5. The van der Waals surface area contributed by atoms with Crippen LogP contribution < -0.4 is 5.32 Å². The molecule has 1 fully saturated rings. The molecule has 1 aliphatic carbocycles. The molecule has 0 aliphatic heterocycles. The highest BCUT2D eigenvalue weighted by Crippen LogP contribution is 2.29. The summed E-state index contributed by atoms with van der Waals surface area (Å²) >= 11 is 0. The topological polar surface area (TPSA) is 58.9 Å². The summed E-state index contributed by atoms with van der Waals surface area (Å²) in [6, 6.07) is 0. The largest absolute Gasteiger partial charge is 0.372 e. The maximum atomic E-state index is 4.62. The van der Waals surface area contributed by atoms with E-state index in [2.05, 4.69) is 32.3 Å². The molecule has 2 aromatic heterocycles. The van der Waals surface area contributed by atoms with Gasteiger partial charge in [0.1, 0.15) is 11.6 Å². The molecule has 0 bridgehead atoms. The lowest BCUT2D eigenvalue weighted by Crippen LogP contribution is -2.22. The Balaban J connectivity index is 1.87. The van der Waals surface area contributed by atoms with Crippen LogP contribution in [0.3, 0.4) is 0 Å². The van der Waals surface area contributed by atoms with Crippen molar-refractivity contribution < 1.29 is 0 Å². The molecule has 0 amide bonds. The lowest BCUT2D eigenvalue weighted by molar-refractivity contribution is 0.305. The molecule has 0 aromatic carbocycles. The zero-order chi connectivity index (χ0) is 13.4. The first-order chi connectivity index (χ1) is 9.17. The predicted octanol–water partition coefficient (Wildman–Crippen LogP) is 1.25. The molecule has 6 heteroatoms. The number of aromatic nitrogens is 4. The van der Waals surface area contributed by atoms with Gasteiger partial charge in [-0.2, -0.15) is 5.10 Å². The first-order valence-corrected chi connectivity index (χ1v) is 6.72. The summed E-state index contributed by atoms with van der Waals surface area (Å²) < 4.78 is 1.79. The summed E-state index contributed by atoms with van der Waals surface area (Å²) in [6.07, 6.45) is 4.54. The van der Waals surface area contributed by atoms with Crippen LogP contribution in [0.1, 0.15) is 18.7 Å². The van der Waals surface area contributed by atoms with Gasteiger partial charge in [0.05, 0.1) is 18.1 Å². The van der Waals surface area contributed by atoms with E-state index in [4.69, 9.17) is 0 Å². The quantitative estimate of drug-likeness (QED) is 0.876. The van der Waals surface area contributed by atoms with Crippen molar-refractivity contribution in [3.8, 4) is 0 Å². The molecule has 6 nitrogen and oxygen atoms in total. The van der Waals surface area contributed by atoms with Crippen molar-refractivity contribution in [1.29, 1.82) is 0 Å². The van der Waals surface area contributed by atoms with E-state index in [0.717, 1.165) is 41.7 Å². The Morgan fingerprint density at radius 1 is 1.42 bits per heavy atom. The van der Waals surface area contributed by atoms with Crippen LogP contribution in [-0.2, 0) is 13.6 Å². The Morgan fingerprint density at radius 3 is 2.89 bits per heavy atom. The van der Waals surface area contributed by atoms with Crippen molar-refractivity contribution in [3.63, 3.8) is 0 Å². The number of hydrogen-bond donors (Lipinski definition) is 1. The third kappa shape index (κ3) is 2.53. The Kier molecular flexibility index (Phi) is 3.10. The lowest BCUT2D eigenvalue weighted by atomic mass is 10.3. The van der Waals surface area contributed by atoms with Gasteiger partial charge in [-0.3, -0.25) is 9.58 Å². The van der Waals surface area contributed by atoms with Gasteiger partial charge in [0.25, 0.3) is 0 Å². The van der Waals surface area contributed by atoms with E-state index >= 15 is 0 Å². The maximum Gasteiger partial charge on any atom is 0.163 e. The second-order valence-corrected chi connectivity index (χ2v) is 5.38. The molecule has 1 N–H and O–H groups in total. The minimum absolute atomic E-state index is 0.784. The Morgan fingerprint density at radius 2 is 2.21 bits per heavy atom. The molecule has 2 heterocycles. The lowest BCUT2D eigenvalue weighted by Gasteiger charge is -2.15. The van der Waals surface area contributed by atoms with E-state index in [1.807, 2.05) is 14.1 Å². The minimum atomic E-state index is 0.784. The van der Waals surface area contributed by atoms with Gasteiger partial charge in [-0.25, -0.2) is 9.97 Å². The fraction of sp³-hybridized carbons (Fsp3) is 0.615. The van der Waals surface area contributed by atoms with Crippen molar-refractivity contribution in [2.75, 3.05) is 26.0 Å². The molecule has 0 unspecified atom stereocenters. The first-order valence-electron chi connectivity index (χ1n) is 6.72. The van der Waals surface area contributed by atoms with Crippen molar-refractivity contribution in [2.24, 2.45) is 13.0 Å². The normalized spacial score (nSPS) is 15.4. The van der Waals surface area contributed by atoms with E-state index in [1.165, 1.54) is 12.8 Å². The minimum Gasteiger partial charge on any atom is -0.372 e. The first kappa shape index (κ1) is 12.3. The third-order valence-corrected chi connectivity index (χ3v) is 3.55. The van der Waals surface area contributed by atoms with Crippen LogP contribution in [0.4, 0.5) is 5.82 Å². The van der Waals surface area contributed by atoms with Crippen molar-refractivity contribution in [2.45, 2.75) is 19.4 Å². The van der Waals surface area contributed by atoms with Crippen LogP contribution in [0.2, 0.25) is 0 Å². The molecule has 0 saturated heterocycles. The van der Waals surface area contributed by atoms with Gasteiger partial charge in [-0.15, -0.1) is 0 Å². The summed E-state index contributed by atoms with van der Waals surface area (Å²) in [5, 5.41) is 8.34. The van der Waals surface area contributed by atoms with Crippen LogP contribution in [0.15, 0.2) is 6.20 Å². The van der Waals surface area contributed by atoms with Crippen LogP contribution >= 0.6 is 0 Å². The van der Waals surface area contributed by atoms with Crippen LogP contribution in [0.25, 0.3) is 11.0 Å². The number of nitrogens with zero attached hydrogens (tertiary/aromatic N) is 5. The Hall–Kier alpha value is -1.69. The molecule has 0 atom stereocenters. The van der Waals surface area contributed by atoms with E-state index in [1.54, 1.807) is 10.9 Å². The number of nitrogens with one attached hydrogen (secondary N) is 1. The predicted molar refractivity (Wildman–Crippen MR) is 74.9 cm³/mol. The molecule has 102 valence electrons. The Bertz CT molecular complexity index is 586. The standard InChI is InChI=1S/C13H20N6/c1-14-12-10-6-15-19(3)13(10)17-11(16-12)8-18(2)7-9-4-5-9/h6,9H,4-5,7-8H2,1-3H3,(H,14,16,17). The molecule has 3 rings (SSSR count). The SMILES string of the molecule is CNc1nc(CN(C)CC2CC2)nc2c1cnn2C. The second-order valence-electron chi connectivity index (χ2n) is 5.38. The fourth-order valence-electron chi connectivity index (χ4n) is 2.38. The molecule has 19 heavy (non-hydrogen) atoms. The van der Waals surface area contributed by atoms with Gasteiger partial charge in [0.2, 0.25) is 0 Å². The number of aryl methyl sites for hydroxylation is 1. The molecule has 1 aliphatic rings. The van der Waals surface area contributed by atoms with E-state index in [0.29, 0.717) is 0 Å². The highest BCUT2D eigenvalue weighted by Gasteiger charge is 2.23.